The van der Waals surface area contributed by atoms with Crippen LogP contribution in [0.3, 0.4) is 0 Å². The maximum Gasteiger partial charge on any atom is 0.276 e. The fourth-order valence-electron chi connectivity index (χ4n) is 2.44. The number of rotatable bonds is 4. The van der Waals surface area contributed by atoms with Gasteiger partial charge in [0.2, 0.25) is 5.91 Å². The van der Waals surface area contributed by atoms with E-state index in [0.29, 0.717) is 16.4 Å². The summed E-state index contributed by atoms with van der Waals surface area (Å²) in [6.45, 7) is 1.46. The van der Waals surface area contributed by atoms with Crippen LogP contribution < -0.4 is 10.2 Å². The molecule has 1 aromatic heterocycles. The molecule has 7 heteroatoms. The van der Waals surface area contributed by atoms with E-state index in [-0.39, 0.29) is 17.5 Å². The number of amides is 2. The van der Waals surface area contributed by atoms with Gasteiger partial charge in [0.1, 0.15) is 0 Å². The van der Waals surface area contributed by atoms with E-state index in [1.165, 1.54) is 11.8 Å². The number of halogens is 1. The van der Waals surface area contributed by atoms with Gasteiger partial charge < -0.3 is 10.2 Å². The Morgan fingerprint density at radius 1 is 1.12 bits per heavy atom. The molecule has 3 rings (SSSR count). The van der Waals surface area contributed by atoms with E-state index < -0.39 is 0 Å². The molecule has 3 aromatic rings. The zero-order valence-electron chi connectivity index (χ0n) is 14.3. The second-order valence-electron chi connectivity index (χ2n) is 5.67. The molecular formula is C19H17ClN4O2. The van der Waals surface area contributed by atoms with E-state index in [1.54, 1.807) is 60.4 Å². The number of hydrogen-bond acceptors (Lipinski definition) is 3. The molecule has 0 saturated carbocycles. The Kier molecular flexibility index (Phi) is 5.04. The first-order valence-corrected chi connectivity index (χ1v) is 8.30. The number of aromatic nitrogens is 2. The Morgan fingerprint density at radius 2 is 1.88 bits per heavy atom. The molecule has 0 aliphatic carbocycles. The molecule has 0 saturated heterocycles. The van der Waals surface area contributed by atoms with E-state index >= 15 is 0 Å². The topological polar surface area (TPSA) is 67.2 Å². The summed E-state index contributed by atoms with van der Waals surface area (Å²) < 4.78 is 1.58. The Labute approximate surface area is 156 Å². The van der Waals surface area contributed by atoms with E-state index in [1.807, 2.05) is 12.1 Å². The molecule has 2 amide bonds. The highest BCUT2D eigenvalue weighted by atomic mass is 35.5. The molecule has 0 bridgehead atoms. The van der Waals surface area contributed by atoms with Crippen molar-refractivity contribution in [3.05, 3.63) is 71.5 Å². The zero-order valence-corrected chi connectivity index (χ0v) is 15.1. The summed E-state index contributed by atoms with van der Waals surface area (Å²) in [6, 6.07) is 15.9. The number of anilines is 2. The summed E-state index contributed by atoms with van der Waals surface area (Å²) in [7, 11) is 1.65. The first kappa shape index (κ1) is 17.7. The van der Waals surface area contributed by atoms with Crippen LogP contribution in [0.15, 0.2) is 60.8 Å². The summed E-state index contributed by atoms with van der Waals surface area (Å²) in [6.07, 6.45) is 1.69. The Hall–Kier alpha value is -3.12. The van der Waals surface area contributed by atoms with Crippen LogP contribution in [-0.4, -0.2) is 28.6 Å². The Bertz CT molecular complexity index is 967. The van der Waals surface area contributed by atoms with Crippen LogP contribution in [0.2, 0.25) is 5.02 Å². The van der Waals surface area contributed by atoms with Crippen molar-refractivity contribution < 1.29 is 9.59 Å². The number of nitrogens with one attached hydrogen (secondary N) is 1. The highest BCUT2D eigenvalue weighted by molar-refractivity contribution is 6.30. The maximum atomic E-state index is 12.6. The van der Waals surface area contributed by atoms with Crippen molar-refractivity contribution >= 4 is 34.8 Å². The smallest absolute Gasteiger partial charge is 0.276 e. The van der Waals surface area contributed by atoms with Gasteiger partial charge in [0, 0.05) is 25.2 Å². The predicted molar refractivity (Wildman–Crippen MR) is 102 cm³/mol. The maximum absolute atomic E-state index is 12.6. The van der Waals surface area contributed by atoms with Gasteiger partial charge >= 0.3 is 0 Å². The molecule has 0 fully saturated rings. The predicted octanol–water partition coefficient (Wildman–Crippen LogP) is 3.76. The molecule has 26 heavy (non-hydrogen) atoms. The molecule has 1 heterocycles. The number of benzene rings is 2. The van der Waals surface area contributed by atoms with Gasteiger partial charge in [0.05, 0.1) is 17.1 Å². The van der Waals surface area contributed by atoms with Crippen LogP contribution in [0.25, 0.3) is 5.69 Å². The van der Waals surface area contributed by atoms with Gasteiger partial charge in [-0.1, -0.05) is 29.8 Å². The normalized spacial score (nSPS) is 10.4. The van der Waals surface area contributed by atoms with Crippen molar-refractivity contribution in [3.63, 3.8) is 0 Å². The van der Waals surface area contributed by atoms with Crippen molar-refractivity contribution in [2.75, 3.05) is 17.3 Å². The van der Waals surface area contributed by atoms with Gasteiger partial charge in [-0.15, -0.1) is 0 Å². The second-order valence-corrected chi connectivity index (χ2v) is 6.11. The molecule has 1 N–H and O–H groups in total. The third-order valence-electron chi connectivity index (χ3n) is 3.88. The zero-order chi connectivity index (χ0) is 18.7. The van der Waals surface area contributed by atoms with Crippen LogP contribution in [-0.2, 0) is 4.79 Å². The van der Waals surface area contributed by atoms with Crippen LogP contribution in [0.5, 0.6) is 0 Å². The fraction of sp³-hybridized carbons (Fsp3) is 0.105. The van der Waals surface area contributed by atoms with E-state index in [4.69, 9.17) is 11.6 Å². The van der Waals surface area contributed by atoms with Gasteiger partial charge in [-0.2, -0.15) is 5.10 Å². The standard InChI is InChI=1S/C19H17ClN4O2/c1-13(25)23(2)18-9-4-3-8-16(18)21-19(26)17-10-11-24(22-17)15-7-5-6-14(20)12-15/h3-12H,1-2H3,(H,21,26). The summed E-state index contributed by atoms with van der Waals surface area (Å²) >= 11 is 5.99. The molecule has 0 atom stereocenters. The molecule has 2 aromatic carbocycles. The highest BCUT2D eigenvalue weighted by Crippen LogP contribution is 2.25. The minimum absolute atomic E-state index is 0.128. The largest absolute Gasteiger partial charge is 0.319 e. The minimum Gasteiger partial charge on any atom is -0.319 e. The Morgan fingerprint density at radius 3 is 2.62 bits per heavy atom. The molecule has 0 spiro atoms. The molecular weight excluding hydrogens is 352 g/mol. The molecule has 0 aliphatic rings. The fourth-order valence-corrected chi connectivity index (χ4v) is 2.62. The second kappa shape index (κ2) is 7.41. The van der Waals surface area contributed by atoms with Crippen LogP contribution in [0.1, 0.15) is 17.4 Å². The summed E-state index contributed by atoms with van der Waals surface area (Å²) in [5.41, 5.74) is 2.16. The lowest BCUT2D eigenvalue weighted by Crippen LogP contribution is -2.25. The van der Waals surface area contributed by atoms with Crippen LogP contribution in [0, 0.1) is 0 Å². The van der Waals surface area contributed by atoms with Crippen molar-refractivity contribution in [3.8, 4) is 5.69 Å². The lowest BCUT2D eigenvalue weighted by atomic mass is 10.2. The number of para-hydroxylation sites is 2. The SMILES string of the molecule is CC(=O)N(C)c1ccccc1NC(=O)c1ccn(-c2cccc(Cl)c2)n1. The van der Waals surface area contributed by atoms with E-state index in [2.05, 4.69) is 10.4 Å². The molecule has 0 radical (unpaired) electrons. The van der Waals surface area contributed by atoms with E-state index in [9.17, 15) is 9.59 Å². The summed E-state index contributed by atoms with van der Waals surface area (Å²) in [5, 5.41) is 7.68. The number of carbonyl (C=O) groups is 2. The Balaban J connectivity index is 1.83. The van der Waals surface area contributed by atoms with Gasteiger partial charge in [0.15, 0.2) is 5.69 Å². The highest BCUT2D eigenvalue weighted by Gasteiger charge is 2.15. The van der Waals surface area contributed by atoms with Crippen LogP contribution in [0.4, 0.5) is 11.4 Å². The summed E-state index contributed by atoms with van der Waals surface area (Å²) in [5.74, 6) is -0.493. The molecule has 0 unspecified atom stereocenters. The average molecular weight is 369 g/mol. The van der Waals surface area contributed by atoms with Gasteiger partial charge in [-0.3, -0.25) is 9.59 Å². The van der Waals surface area contributed by atoms with Gasteiger partial charge in [-0.25, -0.2) is 4.68 Å². The molecule has 0 aliphatic heterocycles. The quantitative estimate of drug-likeness (QED) is 0.762. The molecule has 6 nitrogen and oxygen atoms in total. The first-order valence-electron chi connectivity index (χ1n) is 7.92. The number of carbonyl (C=O) groups excluding carboxylic acids is 2. The first-order chi connectivity index (χ1) is 12.5. The molecule has 132 valence electrons. The van der Waals surface area contributed by atoms with Crippen molar-refractivity contribution in [2.45, 2.75) is 6.92 Å². The average Bonchev–Trinajstić information content (AvgIpc) is 3.12. The van der Waals surface area contributed by atoms with Gasteiger partial charge in [0.25, 0.3) is 5.91 Å². The van der Waals surface area contributed by atoms with Gasteiger partial charge in [-0.05, 0) is 36.4 Å². The third kappa shape index (κ3) is 3.75. The third-order valence-corrected chi connectivity index (χ3v) is 4.12. The lowest BCUT2D eigenvalue weighted by molar-refractivity contribution is -0.116. The monoisotopic (exact) mass is 368 g/mol. The number of hydrogen-bond donors (Lipinski definition) is 1. The summed E-state index contributed by atoms with van der Waals surface area (Å²) in [4.78, 5) is 25.7. The lowest BCUT2D eigenvalue weighted by Gasteiger charge is -2.19. The van der Waals surface area contributed by atoms with Crippen molar-refractivity contribution in [2.24, 2.45) is 0 Å². The minimum atomic E-state index is -0.366. The van der Waals surface area contributed by atoms with Crippen molar-refractivity contribution in [1.29, 1.82) is 0 Å². The number of nitrogens with zero attached hydrogens (tertiary/aromatic N) is 3. The van der Waals surface area contributed by atoms with Crippen molar-refractivity contribution in [1.82, 2.24) is 9.78 Å². The van der Waals surface area contributed by atoms with E-state index in [0.717, 1.165) is 5.69 Å². The van der Waals surface area contributed by atoms with Crippen LogP contribution >= 0.6 is 11.6 Å².